The highest BCUT2D eigenvalue weighted by atomic mass is 15.1. The number of hydrogen-bond acceptors (Lipinski definition) is 4. The Hall–Kier alpha value is -2.75. The van der Waals surface area contributed by atoms with Crippen molar-refractivity contribution >= 4 is 5.95 Å². The van der Waals surface area contributed by atoms with E-state index in [-0.39, 0.29) is 5.95 Å². The molecule has 2 N–H and O–H groups in total. The van der Waals surface area contributed by atoms with Crippen LogP contribution in [-0.4, -0.2) is 15.0 Å². The SMILES string of the molecule is Cc1ccc(-c2nc(N)nc(-c3ccc(C)cc3)n2)cc1. The summed E-state index contributed by atoms with van der Waals surface area (Å²) in [4.78, 5) is 13.0. The molecule has 0 saturated heterocycles. The molecule has 0 aliphatic heterocycles. The lowest BCUT2D eigenvalue weighted by molar-refractivity contribution is 1.08. The number of anilines is 1. The topological polar surface area (TPSA) is 64.7 Å². The second-order valence-electron chi connectivity index (χ2n) is 5.07. The molecule has 0 radical (unpaired) electrons. The third-order valence-electron chi connectivity index (χ3n) is 3.27. The summed E-state index contributed by atoms with van der Waals surface area (Å²) in [5, 5.41) is 0. The van der Waals surface area contributed by atoms with E-state index in [0.29, 0.717) is 11.6 Å². The number of nitrogens with two attached hydrogens (primary N) is 1. The van der Waals surface area contributed by atoms with Crippen LogP contribution in [0.1, 0.15) is 11.1 Å². The van der Waals surface area contributed by atoms with E-state index in [1.165, 1.54) is 11.1 Å². The summed E-state index contributed by atoms with van der Waals surface area (Å²) in [6.07, 6.45) is 0. The van der Waals surface area contributed by atoms with Gasteiger partial charge in [0, 0.05) is 11.1 Å². The number of nitrogens with zero attached hydrogens (tertiary/aromatic N) is 3. The molecule has 3 aromatic rings. The Kier molecular flexibility index (Phi) is 3.36. The van der Waals surface area contributed by atoms with Crippen molar-refractivity contribution in [3.8, 4) is 22.8 Å². The van der Waals surface area contributed by atoms with Crippen LogP contribution >= 0.6 is 0 Å². The van der Waals surface area contributed by atoms with Gasteiger partial charge in [-0.05, 0) is 13.8 Å². The zero-order valence-corrected chi connectivity index (χ0v) is 12.0. The van der Waals surface area contributed by atoms with Crippen molar-refractivity contribution in [1.82, 2.24) is 15.0 Å². The first-order chi connectivity index (χ1) is 10.1. The molecule has 2 aromatic carbocycles. The normalized spacial score (nSPS) is 10.6. The lowest BCUT2D eigenvalue weighted by Crippen LogP contribution is -2.02. The predicted octanol–water partition coefficient (Wildman–Crippen LogP) is 3.40. The van der Waals surface area contributed by atoms with Gasteiger partial charge in [0.25, 0.3) is 0 Å². The van der Waals surface area contributed by atoms with Crippen molar-refractivity contribution in [2.75, 3.05) is 5.73 Å². The summed E-state index contributed by atoms with van der Waals surface area (Å²) in [5.41, 5.74) is 10.1. The molecule has 0 aliphatic rings. The second kappa shape index (κ2) is 5.32. The van der Waals surface area contributed by atoms with Crippen LogP contribution in [0.3, 0.4) is 0 Å². The summed E-state index contributed by atoms with van der Waals surface area (Å²) >= 11 is 0. The monoisotopic (exact) mass is 276 g/mol. The molecule has 0 aliphatic carbocycles. The Bertz CT molecular complexity index is 698. The molecule has 4 nitrogen and oxygen atoms in total. The maximum absolute atomic E-state index is 5.83. The fourth-order valence-electron chi connectivity index (χ4n) is 2.06. The van der Waals surface area contributed by atoms with Crippen LogP contribution in [0.5, 0.6) is 0 Å². The number of aromatic nitrogens is 3. The third kappa shape index (κ3) is 2.89. The van der Waals surface area contributed by atoms with E-state index in [9.17, 15) is 0 Å². The van der Waals surface area contributed by atoms with Crippen LogP contribution < -0.4 is 5.73 Å². The average Bonchev–Trinajstić information content (AvgIpc) is 2.48. The highest BCUT2D eigenvalue weighted by Gasteiger charge is 2.08. The standard InChI is InChI=1S/C17H16N4/c1-11-3-7-13(8-4-11)15-19-16(21-17(18)20-15)14-9-5-12(2)6-10-14/h3-10H,1-2H3,(H2,18,19,20,21). The Morgan fingerprint density at radius 3 is 1.38 bits per heavy atom. The Morgan fingerprint density at radius 1 is 0.619 bits per heavy atom. The van der Waals surface area contributed by atoms with Crippen LogP contribution in [0.25, 0.3) is 22.8 Å². The highest BCUT2D eigenvalue weighted by molar-refractivity contribution is 5.62. The lowest BCUT2D eigenvalue weighted by atomic mass is 10.1. The quantitative estimate of drug-likeness (QED) is 0.779. The fourth-order valence-corrected chi connectivity index (χ4v) is 2.06. The van der Waals surface area contributed by atoms with Crippen molar-refractivity contribution < 1.29 is 0 Å². The van der Waals surface area contributed by atoms with Crippen molar-refractivity contribution in [3.63, 3.8) is 0 Å². The minimum Gasteiger partial charge on any atom is -0.368 e. The van der Waals surface area contributed by atoms with Gasteiger partial charge in [0.1, 0.15) is 0 Å². The molecule has 3 rings (SSSR count). The van der Waals surface area contributed by atoms with Gasteiger partial charge in [-0.25, -0.2) is 4.98 Å². The van der Waals surface area contributed by atoms with Crippen LogP contribution in [0.4, 0.5) is 5.95 Å². The zero-order valence-electron chi connectivity index (χ0n) is 12.0. The van der Waals surface area contributed by atoms with Crippen LogP contribution in [0.2, 0.25) is 0 Å². The van der Waals surface area contributed by atoms with E-state index in [4.69, 9.17) is 5.73 Å². The number of aryl methyl sites for hydroxylation is 2. The maximum atomic E-state index is 5.83. The lowest BCUT2D eigenvalue weighted by Gasteiger charge is -2.06. The minimum absolute atomic E-state index is 0.233. The molecule has 0 unspecified atom stereocenters. The number of nitrogen functional groups attached to an aromatic ring is 1. The van der Waals surface area contributed by atoms with Crippen LogP contribution in [0, 0.1) is 13.8 Å². The number of rotatable bonds is 2. The molecule has 0 spiro atoms. The summed E-state index contributed by atoms with van der Waals surface area (Å²) in [6.45, 7) is 4.09. The molecule has 0 amide bonds. The summed E-state index contributed by atoms with van der Waals surface area (Å²) in [7, 11) is 0. The van der Waals surface area contributed by atoms with Gasteiger partial charge in [-0.2, -0.15) is 9.97 Å². The van der Waals surface area contributed by atoms with Gasteiger partial charge in [0.05, 0.1) is 0 Å². The first-order valence-electron chi connectivity index (χ1n) is 6.77. The first kappa shape index (κ1) is 13.2. The van der Waals surface area contributed by atoms with E-state index in [1.54, 1.807) is 0 Å². The highest BCUT2D eigenvalue weighted by Crippen LogP contribution is 2.21. The van der Waals surface area contributed by atoms with Crippen molar-refractivity contribution in [1.29, 1.82) is 0 Å². The van der Waals surface area contributed by atoms with Crippen LogP contribution in [0.15, 0.2) is 48.5 Å². The molecule has 1 aromatic heterocycles. The molecule has 0 bridgehead atoms. The van der Waals surface area contributed by atoms with Crippen LogP contribution in [-0.2, 0) is 0 Å². The molecule has 1 heterocycles. The smallest absolute Gasteiger partial charge is 0.224 e. The Labute approximate surface area is 123 Å². The van der Waals surface area contributed by atoms with Gasteiger partial charge in [0.15, 0.2) is 11.6 Å². The predicted molar refractivity (Wildman–Crippen MR) is 84.6 cm³/mol. The van der Waals surface area contributed by atoms with Crippen molar-refractivity contribution in [2.45, 2.75) is 13.8 Å². The second-order valence-corrected chi connectivity index (χ2v) is 5.07. The number of hydrogen-bond donors (Lipinski definition) is 1. The van der Waals surface area contributed by atoms with Gasteiger partial charge in [0.2, 0.25) is 5.95 Å². The minimum atomic E-state index is 0.233. The number of benzene rings is 2. The molecular weight excluding hydrogens is 260 g/mol. The van der Waals surface area contributed by atoms with E-state index in [1.807, 2.05) is 62.4 Å². The summed E-state index contributed by atoms with van der Waals surface area (Å²) in [6, 6.07) is 16.1. The Balaban J connectivity index is 2.07. The molecule has 0 saturated carbocycles. The molecular formula is C17H16N4. The van der Waals surface area contributed by atoms with Gasteiger partial charge < -0.3 is 5.73 Å². The summed E-state index contributed by atoms with van der Waals surface area (Å²) in [5.74, 6) is 1.42. The third-order valence-corrected chi connectivity index (χ3v) is 3.27. The first-order valence-corrected chi connectivity index (χ1v) is 6.77. The van der Waals surface area contributed by atoms with E-state index in [2.05, 4.69) is 15.0 Å². The zero-order chi connectivity index (χ0) is 14.8. The molecule has 0 fully saturated rings. The van der Waals surface area contributed by atoms with Gasteiger partial charge in [-0.3, -0.25) is 0 Å². The fraction of sp³-hybridized carbons (Fsp3) is 0.118. The van der Waals surface area contributed by atoms with Gasteiger partial charge in [-0.1, -0.05) is 59.7 Å². The van der Waals surface area contributed by atoms with E-state index < -0.39 is 0 Å². The van der Waals surface area contributed by atoms with E-state index >= 15 is 0 Å². The van der Waals surface area contributed by atoms with Crippen molar-refractivity contribution in [2.24, 2.45) is 0 Å². The van der Waals surface area contributed by atoms with Crippen molar-refractivity contribution in [3.05, 3.63) is 59.7 Å². The summed E-state index contributed by atoms with van der Waals surface area (Å²) < 4.78 is 0. The average molecular weight is 276 g/mol. The molecule has 0 atom stereocenters. The van der Waals surface area contributed by atoms with E-state index in [0.717, 1.165) is 11.1 Å². The molecule has 4 heteroatoms. The van der Waals surface area contributed by atoms with Gasteiger partial charge in [-0.15, -0.1) is 0 Å². The Morgan fingerprint density at radius 2 is 1.00 bits per heavy atom. The van der Waals surface area contributed by atoms with Gasteiger partial charge >= 0.3 is 0 Å². The molecule has 21 heavy (non-hydrogen) atoms. The molecule has 104 valence electrons. The largest absolute Gasteiger partial charge is 0.368 e. The maximum Gasteiger partial charge on any atom is 0.224 e.